The van der Waals surface area contributed by atoms with Gasteiger partial charge in [-0.3, -0.25) is 0 Å². The van der Waals surface area contributed by atoms with Crippen LogP contribution in [0.25, 0.3) is 0 Å². The molecule has 0 aromatic heterocycles. The molecular weight excluding hydrogens is 230 g/mol. The van der Waals surface area contributed by atoms with Gasteiger partial charge in [0.1, 0.15) is 0 Å². The van der Waals surface area contributed by atoms with Gasteiger partial charge in [-0.1, -0.05) is 71.6 Å². The largest absolute Gasteiger partial charge is 0.330 e. The van der Waals surface area contributed by atoms with Gasteiger partial charge < -0.3 is 5.73 Å². The van der Waals surface area contributed by atoms with Crippen molar-refractivity contribution in [3.63, 3.8) is 0 Å². The summed E-state index contributed by atoms with van der Waals surface area (Å²) in [6.45, 7) is 5.57. The second kappa shape index (κ2) is 10.7. The molecule has 2 N–H and O–H groups in total. The van der Waals surface area contributed by atoms with Crippen molar-refractivity contribution in [3.8, 4) is 0 Å². The number of nitrogens with two attached hydrogens (primary N) is 1. The van der Waals surface area contributed by atoms with E-state index in [0.29, 0.717) is 0 Å². The van der Waals surface area contributed by atoms with Crippen molar-refractivity contribution in [2.75, 3.05) is 6.54 Å². The van der Waals surface area contributed by atoms with Crippen molar-refractivity contribution in [1.82, 2.24) is 0 Å². The number of rotatable bonds is 13. The molecule has 3 atom stereocenters. The van der Waals surface area contributed by atoms with Crippen LogP contribution in [0.3, 0.4) is 0 Å². The van der Waals surface area contributed by atoms with Crippen molar-refractivity contribution in [2.24, 2.45) is 23.5 Å². The van der Waals surface area contributed by atoms with E-state index >= 15 is 0 Å². The third-order valence-corrected chi connectivity index (χ3v) is 5.03. The monoisotopic (exact) mass is 267 g/mol. The summed E-state index contributed by atoms with van der Waals surface area (Å²) >= 11 is 0. The highest BCUT2D eigenvalue weighted by molar-refractivity contribution is 4.87. The van der Waals surface area contributed by atoms with E-state index < -0.39 is 0 Å². The molecule has 1 saturated carbocycles. The fourth-order valence-electron chi connectivity index (χ4n) is 3.46. The highest BCUT2D eigenvalue weighted by Gasteiger charge is 2.36. The molecule has 3 unspecified atom stereocenters. The highest BCUT2D eigenvalue weighted by Crippen LogP contribution is 2.47. The van der Waals surface area contributed by atoms with E-state index in [1.54, 1.807) is 6.42 Å². The first-order valence-electron chi connectivity index (χ1n) is 9.01. The zero-order valence-electron chi connectivity index (χ0n) is 13.5. The van der Waals surface area contributed by atoms with Crippen LogP contribution in [-0.4, -0.2) is 6.54 Å². The zero-order valence-corrected chi connectivity index (χ0v) is 13.5. The lowest BCUT2D eigenvalue weighted by Crippen LogP contribution is -2.01. The Kier molecular flexibility index (Phi) is 9.59. The van der Waals surface area contributed by atoms with E-state index in [0.717, 1.165) is 24.3 Å². The second-order valence-electron chi connectivity index (χ2n) is 6.75. The highest BCUT2D eigenvalue weighted by atomic mass is 14.5. The lowest BCUT2D eigenvalue weighted by atomic mass is 9.92. The Morgan fingerprint density at radius 2 is 1.74 bits per heavy atom. The predicted octanol–water partition coefficient (Wildman–Crippen LogP) is 5.53. The minimum atomic E-state index is 0.877. The van der Waals surface area contributed by atoms with Crippen LogP contribution in [0, 0.1) is 17.8 Å². The fraction of sp³-hybridized carbons (Fsp3) is 1.00. The number of unbranched alkanes of at least 4 members (excludes halogenated alkanes) is 5. The van der Waals surface area contributed by atoms with Gasteiger partial charge >= 0.3 is 0 Å². The predicted molar refractivity (Wildman–Crippen MR) is 86.3 cm³/mol. The normalized spacial score (nSPS) is 23.5. The maximum Gasteiger partial charge on any atom is -0.00773 e. The van der Waals surface area contributed by atoms with Crippen molar-refractivity contribution in [1.29, 1.82) is 0 Å². The minimum Gasteiger partial charge on any atom is -0.330 e. The van der Waals surface area contributed by atoms with E-state index in [2.05, 4.69) is 13.8 Å². The molecule has 0 aromatic carbocycles. The molecule has 0 heterocycles. The molecular formula is C18H37N. The summed E-state index contributed by atoms with van der Waals surface area (Å²) in [6, 6.07) is 0. The molecule has 0 bridgehead atoms. The molecule has 1 aliphatic carbocycles. The van der Waals surface area contributed by atoms with E-state index in [4.69, 9.17) is 5.73 Å². The first-order valence-corrected chi connectivity index (χ1v) is 9.01. The van der Waals surface area contributed by atoms with Gasteiger partial charge in [0.15, 0.2) is 0 Å². The summed E-state index contributed by atoms with van der Waals surface area (Å²) in [7, 11) is 0. The number of hydrogen-bond donors (Lipinski definition) is 1. The summed E-state index contributed by atoms with van der Waals surface area (Å²) in [5.74, 6) is 3.22. The Morgan fingerprint density at radius 1 is 0.947 bits per heavy atom. The lowest BCUT2D eigenvalue weighted by Gasteiger charge is -2.14. The summed E-state index contributed by atoms with van der Waals surface area (Å²) in [5.41, 5.74) is 5.53. The first kappa shape index (κ1) is 17.0. The van der Waals surface area contributed by atoms with Gasteiger partial charge in [0.25, 0.3) is 0 Å². The molecule has 0 aliphatic heterocycles. The van der Waals surface area contributed by atoms with Crippen LogP contribution >= 0.6 is 0 Å². The number of hydrogen-bond acceptors (Lipinski definition) is 1. The van der Waals surface area contributed by atoms with Crippen LogP contribution in [0.4, 0.5) is 0 Å². The third kappa shape index (κ3) is 7.97. The van der Waals surface area contributed by atoms with Crippen LogP contribution in [0.1, 0.15) is 90.9 Å². The fourth-order valence-corrected chi connectivity index (χ4v) is 3.46. The average Bonchev–Trinajstić information content (AvgIpc) is 3.16. The van der Waals surface area contributed by atoms with Crippen molar-refractivity contribution in [2.45, 2.75) is 90.9 Å². The standard InChI is InChI=1S/C18H37N/c1-3-5-8-11-16(4-2)14-18-15-17(18)12-9-6-7-10-13-19/h16-18H,3-15,19H2,1-2H3. The molecule has 19 heavy (non-hydrogen) atoms. The van der Waals surface area contributed by atoms with Gasteiger partial charge in [-0.2, -0.15) is 0 Å². The third-order valence-electron chi connectivity index (χ3n) is 5.03. The summed E-state index contributed by atoms with van der Waals surface area (Å²) in [6.07, 6.45) is 17.2. The maximum atomic E-state index is 5.53. The molecule has 0 radical (unpaired) electrons. The molecule has 1 nitrogen and oxygen atoms in total. The molecule has 0 amide bonds. The topological polar surface area (TPSA) is 26.0 Å². The van der Waals surface area contributed by atoms with E-state index in [-0.39, 0.29) is 0 Å². The molecule has 1 rings (SSSR count). The van der Waals surface area contributed by atoms with Crippen LogP contribution in [0.15, 0.2) is 0 Å². The van der Waals surface area contributed by atoms with Crippen LogP contribution < -0.4 is 5.73 Å². The molecule has 0 aromatic rings. The lowest BCUT2D eigenvalue weighted by molar-refractivity contribution is 0.382. The van der Waals surface area contributed by atoms with Gasteiger partial charge in [0, 0.05) is 0 Å². The molecule has 114 valence electrons. The van der Waals surface area contributed by atoms with Crippen LogP contribution in [0.5, 0.6) is 0 Å². The minimum absolute atomic E-state index is 0.877. The Hall–Kier alpha value is -0.0400. The smallest absolute Gasteiger partial charge is 0.00773 e. The van der Waals surface area contributed by atoms with Gasteiger partial charge in [-0.05, 0) is 43.6 Å². The average molecular weight is 268 g/mol. The maximum absolute atomic E-state index is 5.53. The van der Waals surface area contributed by atoms with Gasteiger partial charge in [0.2, 0.25) is 0 Å². The van der Waals surface area contributed by atoms with Gasteiger partial charge in [-0.15, -0.1) is 0 Å². The van der Waals surface area contributed by atoms with E-state index in [1.165, 1.54) is 70.6 Å². The Labute approximate surface area is 121 Å². The van der Waals surface area contributed by atoms with Crippen LogP contribution in [0.2, 0.25) is 0 Å². The molecule has 0 saturated heterocycles. The Morgan fingerprint density at radius 3 is 2.42 bits per heavy atom. The van der Waals surface area contributed by atoms with Crippen molar-refractivity contribution in [3.05, 3.63) is 0 Å². The second-order valence-corrected chi connectivity index (χ2v) is 6.75. The molecule has 1 aliphatic rings. The van der Waals surface area contributed by atoms with Gasteiger partial charge in [-0.25, -0.2) is 0 Å². The van der Waals surface area contributed by atoms with Crippen molar-refractivity contribution < 1.29 is 0 Å². The van der Waals surface area contributed by atoms with Gasteiger partial charge in [0.05, 0.1) is 0 Å². The molecule has 1 heteroatoms. The summed E-state index contributed by atoms with van der Waals surface area (Å²) < 4.78 is 0. The quantitative estimate of drug-likeness (QED) is 0.436. The van der Waals surface area contributed by atoms with E-state index in [1.807, 2.05) is 0 Å². The zero-order chi connectivity index (χ0) is 13.9. The molecule has 1 fully saturated rings. The SMILES string of the molecule is CCCCCC(CC)CC1CC1CCCCCCN. The van der Waals surface area contributed by atoms with Crippen molar-refractivity contribution >= 4 is 0 Å². The molecule has 0 spiro atoms. The Balaban J connectivity index is 1.98. The first-order chi connectivity index (χ1) is 9.31. The van der Waals surface area contributed by atoms with E-state index in [9.17, 15) is 0 Å². The van der Waals surface area contributed by atoms with Crippen LogP contribution in [-0.2, 0) is 0 Å². The summed E-state index contributed by atoms with van der Waals surface area (Å²) in [4.78, 5) is 0. The summed E-state index contributed by atoms with van der Waals surface area (Å²) in [5, 5.41) is 0. The Bertz CT molecular complexity index is 202.